The molecule has 4 heteroatoms. The summed E-state index contributed by atoms with van der Waals surface area (Å²) in [5.41, 5.74) is 5.79. The van der Waals surface area contributed by atoms with E-state index in [0.29, 0.717) is 6.54 Å². The Morgan fingerprint density at radius 1 is 0.839 bits per heavy atom. The van der Waals surface area contributed by atoms with Crippen LogP contribution in [0.2, 0.25) is 0 Å². The van der Waals surface area contributed by atoms with Gasteiger partial charge in [0.1, 0.15) is 0 Å². The molecular weight excluding hydrogens is 382 g/mol. The van der Waals surface area contributed by atoms with Crippen LogP contribution < -0.4 is 5.32 Å². The van der Waals surface area contributed by atoms with Gasteiger partial charge < -0.3 is 5.32 Å². The molecule has 0 unspecified atom stereocenters. The van der Waals surface area contributed by atoms with E-state index in [-0.39, 0.29) is 11.9 Å². The standard InChI is InChI=1S/C27H31N3O/c1-21-13-14-22(2)25(19-21)28-26(31)20-29-15-17-30(18-16-29)27(23-9-5-3-6-10-23)24-11-7-4-8-12-24/h3-14,19,27H,15-18,20H2,1-2H3,(H,28,31). The van der Waals surface area contributed by atoms with E-state index in [4.69, 9.17) is 0 Å². The van der Waals surface area contributed by atoms with E-state index < -0.39 is 0 Å². The summed E-state index contributed by atoms with van der Waals surface area (Å²) < 4.78 is 0. The topological polar surface area (TPSA) is 35.6 Å². The van der Waals surface area contributed by atoms with E-state index in [1.165, 1.54) is 11.1 Å². The molecule has 1 heterocycles. The third kappa shape index (κ3) is 5.40. The van der Waals surface area contributed by atoms with Crippen LogP contribution in [0.3, 0.4) is 0 Å². The minimum atomic E-state index is 0.0600. The van der Waals surface area contributed by atoms with E-state index in [1.54, 1.807) is 0 Å². The normalized spacial score (nSPS) is 15.2. The summed E-state index contributed by atoms with van der Waals surface area (Å²) in [7, 11) is 0. The van der Waals surface area contributed by atoms with Crippen molar-refractivity contribution in [2.45, 2.75) is 19.9 Å². The Balaban J connectivity index is 1.39. The Hall–Kier alpha value is -2.95. The van der Waals surface area contributed by atoms with Gasteiger partial charge in [-0.2, -0.15) is 0 Å². The Bertz CT molecular complexity index is 956. The first kappa shape index (κ1) is 21.3. The van der Waals surface area contributed by atoms with Crippen molar-refractivity contribution in [2.24, 2.45) is 0 Å². The lowest BCUT2D eigenvalue weighted by Crippen LogP contribution is -2.49. The molecule has 0 aromatic heterocycles. The molecule has 0 saturated carbocycles. The van der Waals surface area contributed by atoms with Crippen molar-refractivity contribution in [2.75, 3.05) is 38.0 Å². The molecule has 3 aromatic rings. The molecule has 1 aliphatic rings. The van der Waals surface area contributed by atoms with Crippen LogP contribution in [0.1, 0.15) is 28.3 Å². The van der Waals surface area contributed by atoms with Gasteiger partial charge in [-0.05, 0) is 42.2 Å². The first-order chi connectivity index (χ1) is 15.1. The molecule has 3 aromatic carbocycles. The predicted molar refractivity (Wildman–Crippen MR) is 127 cm³/mol. The van der Waals surface area contributed by atoms with E-state index in [9.17, 15) is 4.79 Å². The molecule has 4 nitrogen and oxygen atoms in total. The third-order valence-corrected chi connectivity index (χ3v) is 6.04. The van der Waals surface area contributed by atoms with Gasteiger partial charge >= 0.3 is 0 Å². The van der Waals surface area contributed by atoms with Crippen LogP contribution in [0.4, 0.5) is 5.69 Å². The molecule has 4 rings (SSSR count). The lowest BCUT2D eigenvalue weighted by molar-refractivity contribution is -0.117. The largest absolute Gasteiger partial charge is 0.325 e. The quantitative estimate of drug-likeness (QED) is 0.639. The summed E-state index contributed by atoms with van der Waals surface area (Å²) >= 11 is 0. The van der Waals surface area contributed by atoms with Gasteiger partial charge in [-0.15, -0.1) is 0 Å². The molecule has 1 amide bonds. The van der Waals surface area contributed by atoms with Crippen molar-refractivity contribution in [3.05, 3.63) is 101 Å². The predicted octanol–water partition coefficient (Wildman–Crippen LogP) is 4.65. The van der Waals surface area contributed by atoms with Crippen LogP contribution in [0.25, 0.3) is 0 Å². The van der Waals surface area contributed by atoms with Crippen molar-refractivity contribution >= 4 is 11.6 Å². The zero-order chi connectivity index (χ0) is 21.6. The molecule has 160 valence electrons. The molecule has 1 fully saturated rings. The van der Waals surface area contributed by atoms with Crippen LogP contribution >= 0.6 is 0 Å². The number of aryl methyl sites for hydroxylation is 2. The van der Waals surface area contributed by atoms with Gasteiger partial charge in [0.05, 0.1) is 12.6 Å². The number of hydrogen-bond donors (Lipinski definition) is 1. The number of benzene rings is 3. The van der Waals surface area contributed by atoms with Crippen molar-refractivity contribution in [3.8, 4) is 0 Å². The van der Waals surface area contributed by atoms with Crippen LogP contribution in [-0.2, 0) is 4.79 Å². The van der Waals surface area contributed by atoms with E-state index >= 15 is 0 Å². The molecule has 1 saturated heterocycles. The van der Waals surface area contributed by atoms with Gasteiger partial charge in [0.25, 0.3) is 0 Å². The van der Waals surface area contributed by atoms with Crippen molar-refractivity contribution in [3.63, 3.8) is 0 Å². The number of carbonyl (C=O) groups excluding carboxylic acids is 1. The third-order valence-electron chi connectivity index (χ3n) is 6.04. The maximum Gasteiger partial charge on any atom is 0.238 e. The summed E-state index contributed by atoms with van der Waals surface area (Å²) in [6, 6.07) is 27.8. The second-order valence-corrected chi connectivity index (χ2v) is 8.40. The number of hydrogen-bond acceptors (Lipinski definition) is 3. The van der Waals surface area contributed by atoms with Gasteiger partial charge in [0.2, 0.25) is 5.91 Å². The van der Waals surface area contributed by atoms with Gasteiger partial charge in [-0.25, -0.2) is 0 Å². The summed E-state index contributed by atoms with van der Waals surface area (Å²) in [6.07, 6.45) is 0. The molecule has 0 bridgehead atoms. The number of nitrogens with one attached hydrogen (secondary N) is 1. The molecule has 31 heavy (non-hydrogen) atoms. The molecule has 1 N–H and O–H groups in total. The fourth-order valence-electron chi connectivity index (χ4n) is 4.33. The minimum Gasteiger partial charge on any atom is -0.325 e. The fourth-order valence-corrected chi connectivity index (χ4v) is 4.33. The van der Waals surface area contributed by atoms with Crippen LogP contribution in [0.15, 0.2) is 78.9 Å². The van der Waals surface area contributed by atoms with Crippen molar-refractivity contribution < 1.29 is 4.79 Å². The summed E-state index contributed by atoms with van der Waals surface area (Å²) in [5.74, 6) is 0.0600. The monoisotopic (exact) mass is 413 g/mol. The first-order valence-corrected chi connectivity index (χ1v) is 11.0. The van der Waals surface area contributed by atoms with Gasteiger partial charge in [-0.1, -0.05) is 72.8 Å². The van der Waals surface area contributed by atoms with Crippen molar-refractivity contribution in [1.29, 1.82) is 0 Å². The Kier molecular flexibility index (Phi) is 6.80. The van der Waals surface area contributed by atoms with E-state index in [0.717, 1.165) is 43.0 Å². The summed E-state index contributed by atoms with van der Waals surface area (Å²) in [6.45, 7) is 8.15. The zero-order valence-electron chi connectivity index (χ0n) is 18.4. The number of carbonyl (C=O) groups is 1. The van der Waals surface area contributed by atoms with Crippen molar-refractivity contribution in [1.82, 2.24) is 9.80 Å². The van der Waals surface area contributed by atoms with E-state index in [1.807, 2.05) is 19.9 Å². The minimum absolute atomic E-state index is 0.0600. The maximum atomic E-state index is 12.6. The Morgan fingerprint density at radius 3 is 2.00 bits per heavy atom. The lowest BCUT2D eigenvalue weighted by Gasteiger charge is -2.39. The smallest absolute Gasteiger partial charge is 0.238 e. The highest BCUT2D eigenvalue weighted by Gasteiger charge is 2.27. The maximum absolute atomic E-state index is 12.6. The average Bonchev–Trinajstić information content (AvgIpc) is 2.79. The average molecular weight is 414 g/mol. The highest BCUT2D eigenvalue weighted by Crippen LogP contribution is 2.29. The lowest BCUT2D eigenvalue weighted by atomic mass is 9.96. The number of amides is 1. The number of anilines is 1. The Morgan fingerprint density at radius 2 is 1.42 bits per heavy atom. The molecule has 1 aliphatic heterocycles. The van der Waals surface area contributed by atoms with Crippen LogP contribution in [0, 0.1) is 13.8 Å². The number of nitrogens with zero attached hydrogens (tertiary/aromatic N) is 2. The molecule has 0 spiro atoms. The number of rotatable bonds is 6. The number of piperazine rings is 1. The Labute approximate surface area is 185 Å². The molecule has 0 aliphatic carbocycles. The van der Waals surface area contributed by atoms with E-state index in [2.05, 4.69) is 87.9 Å². The second kappa shape index (κ2) is 9.90. The summed E-state index contributed by atoms with van der Waals surface area (Å²) in [5, 5.41) is 3.09. The first-order valence-electron chi connectivity index (χ1n) is 11.0. The van der Waals surface area contributed by atoms with Crippen LogP contribution in [0.5, 0.6) is 0 Å². The van der Waals surface area contributed by atoms with Gasteiger partial charge in [-0.3, -0.25) is 14.6 Å². The van der Waals surface area contributed by atoms with Gasteiger partial charge in [0.15, 0.2) is 0 Å². The molecular formula is C27H31N3O. The van der Waals surface area contributed by atoms with Crippen LogP contribution in [-0.4, -0.2) is 48.4 Å². The highest BCUT2D eigenvalue weighted by atomic mass is 16.2. The van der Waals surface area contributed by atoms with Gasteiger partial charge in [0, 0.05) is 31.9 Å². The highest BCUT2D eigenvalue weighted by molar-refractivity contribution is 5.93. The fraction of sp³-hybridized carbons (Fsp3) is 0.296. The summed E-state index contributed by atoms with van der Waals surface area (Å²) in [4.78, 5) is 17.4. The molecule has 0 radical (unpaired) electrons. The second-order valence-electron chi connectivity index (χ2n) is 8.40. The molecule has 0 atom stereocenters. The zero-order valence-corrected chi connectivity index (χ0v) is 18.4. The SMILES string of the molecule is Cc1ccc(C)c(NC(=O)CN2CCN(C(c3ccccc3)c3ccccc3)CC2)c1.